The van der Waals surface area contributed by atoms with Gasteiger partial charge in [0.25, 0.3) is 0 Å². The molecule has 0 saturated carbocycles. The van der Waals surface area contributed by atoms with Crippen LogP contribution in [-0.4, -0.2) is 19.5 Å². The van der Waals surface area contributed by atoms with Crippen LogP contribution in [0.2, 0.25) is 0 Å². The molecule has 0 aliphatic rings. The van der Waals surface area contributed by atoms with Crippen LogP contribution < -0.4 is 5.14 Å². The minimum atomic E-state index is -3.60. The number of nitrogens with two attached hydrogens (primary N) is 1. The standard InChI is InChI=1S/C5H11NO3S/c1-5(2,3-4-7)10(6,8)9/h4H,3H2,1-2H3,(H2,6,8,9). The minimum absolute atomic E-state index is 0.0637. The smallest absolute Gasteiger partial charge is 0.214 e. The Morgan fingerprint density at radius 2 is 1.90 bits per heavy atom. The van der Waals surface area contributed by atoms with Gasteiger partial charge in [0.05, 0.1) is 4.75 Å². The second-order valence-corrected chi connectivity index (χ2v) is 4.87. The van der Waals surface area contributed by atoms with Crippen molar-refractivity contribution in [3.8, 4) is 0 Å². The lowest BCUT2D eigenvalue weighted by Gasteiger charge is -2.17. The van der Waals surface area contributed by atoms with E-state index < -0.39 is 14.8 Å². The maximum Gasteiger partial charge on any atom is 0.214 e. The maximum absolute atomic E-state index is 10.7. The summed E-state index contributed by atoms with van der Waals surface area (Å²) in [5, 5.41) is 4.81. The van der Waals surface area contributed by atoms with E-state index in [1.54, 1.807) is 0 Å². The first-order valence-corrected chi connectivity index (χ1v) is 4.32. The highest BCUT2D eigenvalue weighted by Gasteiger charge is 2.30. The second-order valence-electron chi connectivity index (χ2n) is 2.68. The Labute approximate surface area is 60.5 Å². The zero-order valence-electron chi connectivity index (χ0n) is 5.99. The van der Waals surface area contributed by atoms with E-state index in [1.807, 2.05) is 0 Å². The van der Waals surface area contributed by atoms with Gasteiger partial charge in [0.2, 0.25) is 10.0 Å². The summed E-state index contributed by atoms with van der Waals surface area (Å²) in [5.74, 6) is 0. The first-order valence-electron chi connectivity index (χ1n) is 2.77. The van der Waals surface area contributed by atoms with Gasteiger partial charge < -0.3 is 4.79 Å². The molecule has 0 aromatic carbocycles. The van der Waals surface area contributed by atoms with Gasteiger partial charge in [0.1, 0.15) is 6.29 Å². The summed E-state index contributed by atoms with van der Waals surface area (Å²) in [4.78, 5) is 9.95. The number of carbonyl (C=O) groups excluding carboxylic acids is 1. The number of sulfonamides is 1. The van der Waals surface area contributed by atoms with E-state index in [2.05, 4.69) is 0 Å². The van der Waals surface area contributed by atoms with Crippen molar-refractivity contribution in [2.75, 3.05) is 0 Å². The predicted octanol–water partition coefficient (Wildman–Crippen LogP) is -0.357. The lowest BCUT2D eigenvalue weighted by atomic mass is 10.1. The van der Waals surface area contributed by atoms with Crippen LogP contribution in [0, 0.1) is 0 Å². The quantitative estimate of drug-likeness (QED) is 0.580. The van der Waals surface area contributed by atoms with Crippen LogP contribution in [0.5, 0.6) is 0 Å². The molecule has 0 unspecified atom stereocenters. The van der Waals surface area contributed by atoms with Crippen LogP contribution in [0.25, 0.3) is 0 Å². The van der Waals surface area contributed by atoms with Crippen LogP contribution in [0.4, 0.5) is 0 Å². The molecule has 0 saturated heterocycles. The number of carbonyl (C=O) groups is 1. The van der Waals surface area contributed by atoms with Gasteiger partial charge in [0.15, 0.2) is 0 Å². The Hall–Kier alpha value is -0.420. The molecular formula is C5H11NO3S. The molecule has 0 rings (SSSR count). The Balaban J connectivity index is 4.57. The summed E-state index contributed by atoms with van der Waals surface area (Å²) in [5.41, 5.74) is 0. The molecule has 60 valence electrons. The first-order chi connectivity index (χ1) is 4.31. The lowest BCUT2D eigenvalue weighted by molar-refractivity contribution is -0.108. The molecule has 5 heteroatoms. The highest BCUT2D eigenvalue weighted by Crippen LogP contribution is 2.15. The highest BCUT2D eigenvalue weighted by molar-refractivity contribution is 7.90. The molecular weight excluding hydrogens is 154 g/mol. The summed E-state index contributed by atoms with van der Waals surface area (Å²) in [7, 11) is -3.60. The zero-order chi connectivity index (χ0) is 8.41. The van der Waals surface area contributed by atoms with Gasteiger partial charge in [-0.05, 0) is 13.8 Å². The van der Waals surface area contributed by atoms with Gasteiger partial charge in [-0.1, -0.05) is 0 Å². The number of hydrogen-bond acceptors (Lipinski definition) is 3. The minimum Gasteiger partial charge on any atom is -0.303 e. The molecule has 0 heterocycles. The summed E-state index contributed by atoms with van der Waals surface area (Å²) in [6.07, 6.45) is 0.482. The first kappa shape index (κ1) is 9.58. The number of rotatable bonds is 3. The Kier molecular flexibility index (Phi) is 2.56. The normalized spacial score (nSPS) is 13.1. The molecule has 0 radical (unpaired) electrons. The predicted molar refractivity (Wildman–Crippen MR) is 37.9 cm³/mol. The monoisotopic (exact) mass is 165 g/mol. The van der Waals surface area contributed by atoms with Crippen LogP contribution in [0.15, 0.2) is 0 Å². The Morgan fingerprint density at radius 1 is 1.50 bits per heavy atom. The third-order valence-electron chi connectivity index (χ3n) is 1.35. The lowest BCUT2D eigenvalue weighted by Crippen LogP contribution is -2.37. The summed E-state index contributed by atoms with van der Waals surface area (Å²) in [6, 6.07) is 0. The summed E-state index contributed by atoms with van der Waals surface area (Å²) < 4.78 is 20.2. The summed E-state index contributed by atoms with van der Waals surface area (Å²) >= 11 is 0. The van der Waals surface area contributed by atoms with Crippen molar-refractivity contribution in [1.82, 2.24) is 0 Å². The van der Waals surface area contributed by atoms with Crippen molar-refractivity contribution < 1.29 is 13.2 Å². The number of aldehydes is 1. The molecule has 0 aliphatic heterocycles. The number of primary sulfonamides is 1. The molecule has 0 amide bonds. The van der Waals surface area contributed by atoms with Crippen LogP contribution in [0.3, 0.4) is 0 Å². The van der Waals surface area contributed by atoms with Gasteiger partial charge in [-0.15, -0.1) is 0 Å². The van der Waals surface area contributed by atoms with Crippen molar-refractivity contribution in [2.24, 2.45) is 5.14 Å². The third-order valence-corrected chi connectivity index (χ3v) is 3.05. The Bertz CT molecular complexity index is 217. The van der Waals surface area contributed by atoms with Gasteiger partial charge in [-0.2, -0.15) is 0 Å². The van der Waals surface area contributed by atoms with Gasteiger partial charge in [-0.25, -0.2) is 13.6 Å². The Morgan fingerprint density at radius 3 is 2.00 bits per heavy atom. The van der Waals surface area contributed by atoms with Crippen molar-refractivity contribution in [3.63, 3.8) is 0 Å². The third kappa shape index (κ3) is 2.07. The fourth-order valence-corrected chi connectivity index (χ4v) is 0.617. The van der Waals surface area contributed by atoms with Crippen LogP contribution in [-0.2, 0) is 14.8 Å². The van der Waals surface area contributed by atoms with Crippen LogP contribution in [0.1, 0.15) is 20.3 Å². The van der Waals surface area contributed by atoms with E-state index in [-0.39, 0.29) is 6.42 Å². The molecule has 4 nitrogen and oxygen atoms in total. The molecule has 2 N–H and O–H groups in total. The second kappa shape index (κ2) is 2.67. The molecule has 0 aliphatic carbocycles. The zero-order valence-corrected chi connectivity index (χ0v) is 6.81. The van der Waals surface area contributed by atoms with Gasteiger partial charge in [-0.3, -0.25) is 0 Å². The highest BCUT2D eigenvalue weighted by atomic mass is 32.2. The molecule has 0 aromatic rings. The molecule has 0 spiro atoms. The van der Waals surface area contributed by atoms with E-state index in [0.29, 0.717) is 6.29 Å². The average Bonchev–Trinajstić information content (AvgIpc) is 1.61. The van der Waals surface area contributed by atoms with Crippen molar-refractivity contribution >= 4 is 16.3 Å². The van der Waals surface area contributed by atoms with Crippen molar-refractivity contribution in [3.05, 3.63) is 0 Å². The largest absolute Gasteiger partial charge is 0.303 e. The maximum atomic E-state index is 10.7. The molecule has 10 heavy (non-hydrogen) atoms. The molecule has 0 fully saturated rings. The van der Waals surface area contributed by atoms with Gasteiger partial charge >= 0.3 is 0 Å². The van der Waals surface area contributed by atoms with Crippen molar-refractivity contribution in [1.29, 1.82) is 0 Å². The fraction of sp³-hybridized carbons (Fsp3) is 0.800. The van der Waals surface area contributed by atoms with E-state index in [9.17, 15) is 13.2 Å². The van der Waals surface area contributed by atoms with Crippen LogP contribution >= 0.6 is 0 Å². The van der Waals surface area contributed by atoms with E-state index >= 15 is 0 Å². The fourth-order valence-electron chi connectivity index (χ4n) is 0.317. The van der Waals surface area contributed by atoms with Gasteiger partial charge in [0, 0.05) is 6.42 Å². The SMILES string of the molecule is CC(C)(CC=O)S(N)(=O)=O. The summed E-state index contributed by atoms with van der Waals surface area (Å²) in [6.45, 7) is 2.83. The molecule has 0 bridgehead atoms. The van der Waals surface area contributed by atoms with E-state index in [1.165, 1.54) is 13.8 Å². The number of hydrogen-bond donors (Lipinski definition) is 1. The topological polar surface area (TPSA) is 77.2 Å². The molecule has 0 aromatic heterocycles. The van der Waals surface area contributed by atoms with Crippen molar-refractivity contribution in [2.45, 2.75) is 25.0 Å². The van der Waals surface area contributed by atoms with E-state index in [0.717, 1.165) is 0 Å². The average molecular weight is 165 g/mol. The molecule has 0 atom stereocenters. The van der Waals surface area contributed by atoms with E-state index in [4.69, 9.17) is 5.14 Å².